The van der Waals surface area contributed by atoms with Gasteiger partial charge in [0, 0.05) is 36.7 Å². The van der Waals surface area contributed by atoms with Gasteiger partial charge in [0.05, 0.1) is 43.4 Å². The lowest BCUT2D eigenvalue weighted by molar-refractivity contribution is -0.128. The number of likely N-dealkylation sites (tertiary alicyclic amines) is 1. The summed E-state index contributed by atoms with van der Waals surface area (Å²) >= 11 is 0. The van der Waals surface area contributed by atoms with Crippen LogP contribution in [0.1, 0.15) is 78.4 Å². The number of pyridine rings is 2. The first-order chi connectivity index (χ1) is 16.6. The van der Waals surface area contributed by atoms with Crippen molar-refractivity contribution >= 4 is 17.4 Å². The number of piperidine rings is 1. The third-order valence-corrected chi connectivity index (χ3v) is 7.42. The minimum Gasteiger partial charge on any atom is -0.383 e. The fourth-order valence-electron chi connectivity index (χ4n) is 5.38. The maximum atomic E-state index is 13.4. The van der Waals surface area contributed by atoms with E-state index in [-0.39, 0.29) is 18.1 Å². The summed E-state index contributed by atoms with van der Waals surface area (Å²) in [5, 5.41) is 0. The lowest BCUT2D eigenvalue weighted by Crippen LogP contribution is -2.46. The number of nitrogens with two attached hydrogens (primary N) is 1. The average Bonchev–Trinajstić information content (AvgIpc) is 3.64. The Bertz CT molecular complexity index is 1160. The van der Waals surface area contributed by atoms with Crippen molar-refractivity contribution in [2.24, 2.45) is 4.99 Å². The molecule has 6 rings (SSSR count). The van der Waals surface area contributed by atoms with E-state index < -0.39 is 0 Å². The van der Waals surface area contributed by atoms with Crippen molar-refractivity contribution in [3.8, 4) is 0 Å². The van der Waals surface area contributed by atoms with Gasteiger partial charge in [0.1, 0.15) is 11.5 Å². The monoisotopic (exact) mass is 461 g/mol. The van der Waals surface area contributed by atoms with Crippen molar-refractivity contribution in [2.45, 2.75) is 76.9 Å². The first-order valence-corrected chi connectivity index (χ1v) is 12.4. The number of anilines is 1. The van der Waals surface area contributed by atoms with Crippen molar-refractivity contribution in [3.63, 3.8) is 0 Å². The maximum Gasteiger partial charge on any atom is 0.268 e. The van der Waals surface area contributed by atoms with Gasteiger partial charge in [-0.25, -0.2) is 4.98 Å². The van der Waals surface area contributed by atoms with Crippen molar-refractivity contribution in [3.05, 3.63) is 52.0 Å². The van der Waals surface area contributed by atoms with Crippen molar-refractivity contribution in [1.29, 1.82) is 0 Å². The lowest BCUT2D eigenvalue weighted by atomic mass is 9.93. The Balaban J connectivity index is 1.11. The number of fused-ring (bicyclic) bond motifs is 3. The second kappa shape index (κ2) is 8.74. The van der Waals surface area contributed by atoms with Gasteiger partial charge in [0.15, 0.2) is 0 Å². The number of amides is 1. The maximum absolute atomic E-state index is 13.4. The molecular formula is C26H31N5O3. The molecule has 1 amide bonds. The van der Waals surface area contributed by atoms with E-state index in [0.29, 0.717) is 50.2 Å². The summed E-state index contributed by atoms with van der Waals surface area (Å²) in [6.07, 6.45) is 4.79. The van der Waals surface area contributed by atoms with Gasteiger partial charge in [0.2, 0.25) is 0 Å². The summed E-state index contributed by atoms with van der Waals surface area (Å²) in [6, 6.07) is 6.20. The summed E-state index contributed by atoms with van der Waals surface area (Å²) in [4.78, 5) is 29.2. The lowest BCUT2D eigenvalue weighted by Gasteiger charge is -2.33. The summed E-state index contributed by atoms with van der Waals surface area (Å²) < 4.78 is 12.0. The number of carbonyl (C=O) groups excluding carboxylic acids is 1. The molecule has 2 N–H and O–H groups in total. The predicted octanol–water partition coefficient (Wildman–Crippen LogP) is 3.23. The minimum atomic E-state index is -0.0646. The van der Waals surface area contributed by atoms with Gasteiger partial charge in [-0.1, -0.05) is 6.07 Å². The van der Waals surface area contributed by atoms with E-state index in [4.69, 9.17) is 20.2 Å². The molecule has 8 heteroatoms. The summed E-state index contributed by atoms with van der Waals surface area (Å²) in [5.74, 6) is 1.16. The van der Waals surface area contributed by atoms with Crippen molar-refractivity contribution in [2.75, 3.05) is 18.8 Å². The van der Waals surface area contributed by atoms with Crippen LogP contribution in [0.4, 0.5) is 5.82 Å². The Labute approximate surface area is 199 Å². The standard InChI is InChI=1S/C26H31N5O3/c1-15-24-20(14-33-15)19-10-22(28-11-23(19)30-25(24)27)26(32)31-9-3-5-18(12-31)34-13-17-4-2-6-21(29-17)16-7-8-16/h2,4,6,15-16,18H,3,5,7-14H2,1H3,(H2,27,30)/t15-,18+/m1/s1. The Hall–Kier alpha value is -2.84. The molecule has 4 aliphatic rings. The first-order valence-electron chi connectivity index (χ1n) is 12.4. The number of rotatable bonds is 5. The van der Waals surface area contributed by atoms with Gasteiger partial charge in [-0.2, -0.15) is 0 Å². The van der Waals surface area contributed by atoms with Crippen LogP contribution >= 0.6 is 0 Å². The van der Waals surface area contributed by atoms with Gasteiger partial charge < -0.3 is 20.1 Å². The normalized spacial score (nSPS) is 23.9. The molecule has 2 aromatic heterocycles. The van der Waals surface area contributed by atoms with E-state index in [1.54, 1.807) is 0 Å². The highest BCUT2D eigenvalue weighted by Gasteiger charge is 2.33. The molecule has 0 radical (unpaired) electrons. The van der Waals surface area contributed by atoms with E-state index in [9.17, 15) is 4.79 Å². The summed E-state index contributed by atoms with van der Waals surface area (Å²) in [5.41, 5.74) is 12.9. The zero-order valence-corrected chi connectivity index (χ0v) is 19.6. The molecule has 1 aliphatic carbocycles. The van der Waals surface area contributed by atoms with Crippen LogP contribution in [0, 0.1) is 0 Å². The van der Waals surface area contributed by atoms with E-state index in [1.807, 2.05) is 17.9 Å². The molecule has 0 spiro atoms. The second-order valence-electron chi connectivity index (χ2n) is 9.86. The molecule has 8 nitrogen and oxygen atoms in total. The van der Waals surface area contributed by atoms with Crippen LogP contribution in [0.15, 0.2) is 23.2 Å². The van der Waals surface area contributed by atoms with Crippen LogP contribution in [0.25, 0.3) is 0 Å². The Morgan fingerprint density at radius 1 is 1.24 bits per heavy atom. The fraction of sp³-hybridized carbons (Fsp3) is 0.538. The number of nitrogens with zero attached hydrogens (tertiary/aromatic N) is 4. The SMILES string of the molecule is C[C@H]1OCc2c3c(nc(N)c21)CN=C(C(=O)N1CCC[C@H](OCc2cccc(C4CC4)n2)C1)C3. The highest BCUT2D eigenvalue weighted by Crippen LogP contribution is 2.39. The molecule has 34 heavy (non-hydrogen) atoms. The van der Waals surface area contributed by atoms with E-state index >= 15 is 0 Å². The van der Waals surface area contributed by atoms with Gasteiger partial charge >= 0.3 is 0 Å². The van der Waals surface area contributed by atoms with Gasteiger partial charge in [-0.3, -0.25) is 14.8 Å². The van der Waals surface area contributed by atoms with Crippen LogP contribution in [0.5, 0.6) is 0 Å². The molecule has 0 aromatic carbocycles. The third kappa shape index (κ3) is 4.09. The van der Waals surface area contributed by atoms with Crippen LogP contribution < -0.4 is 5.73 Å². The molecular weight excluding hydrogens is 430 g/mol. The Kier molecular flexibility index (Phi) is 5.57. The van der Waals surface area contributed by atoms with Gasteiger partial charge in [0.25, 0.3) is 5.91 Å². The van der Waals surface area contributed by atoms with Crippen LogP contribution in [-0.4, -0.2) is 45.7 Å². The first kappa shape index (κ1) is 21.7. The number of aliphatic imine (C=N–C) groups is 1. The number of hydrogen-bond acceptors (Lipinski definition) is 7. The topological polar surface area (TPSA) is 103 Å². The molecule has 0 unspecified atom stereocenters. The number of nitrogen functional groups attached to an aromatic ring is 1. The van der Waals surface area contributed by atoms with Crippen LogP contribution in [-0.2, 0) is 40.4 Å². The van der Waals surface area contributed by atoms with Crippen LogP contribution in [0.3, 0.4) is 0 Å². The number of aromatic nitrogens is 2. The summed E-state index contributed by atoms with van der Waals surface area (Å²) in [7, 11) is 0. The quantitative estimate of drug-likeness (QED) is 0.733. The molecule has 2 fully saturated rings. The Morgan fingerprint density at radius 2 is 2.12 bits per heavy atom. The number of carbonyl (C=O) groups is 1. The van der Waals surface area contributed by atoms with Crippen molar-refractivity contribution in [1.82, 2.24) is 14.9 Å². The van der Waals surface area contributed by atoms with Gasteiger partial charge in [-0.15, -0.1) is 0 Å². The highest BCUT2D eigenvalue weighted by molar-refractivity contribution is 6.39. The summed E-state index contributed by atoms with van der Waals surface area (Å²) in [6.45, 7) is 4.70. The smallest absolute Gasteiger partial charge is 0.268 e. The van der Waals surface area contributed by atoms with Crippen LogP contribution in [0.2, 0.25) is 0 Å². The molecule has 1 saturated carbocycles. The zero-order chi connectivity index (χ0) is 23.2. The predicted molar refractivity (Wildman–Crippen MR) is 127 cm³/mol. The van der Waals surface area contributed by atoms with E-state index in [2.05, 4.69) is 22.1 Å². The molecule has 0 bridgehead atoms. The zero-order valence-electron chi connectivity index (χ0n) is 19.6. The molecule has 178 valence electrons. The fourth-order valence-corrected chi connectivity index (χ4v) is 5.38. The molecule has 2 atom stereocenters. The number of hydrogen-bond donors (Lipinski definition) is 1. The molecule has 1 saturated heterocycles. The molecule has 3 aliphatic heterocycles. The van der Waals surface area contributed by atoms with Crippen molar-refractivity contribution < 1.29 is 14.3 Å². The Morgan fingerprint density at radius 3 is 2.97 bits per heavy atom. The average molecular weight is 462 g/mol. The largest absolute Gasteiger partial charge is 0.383 e. The van der Waals surface area contributed by atoms with E-state index in [1.165, 1.54) is 18.5 Å². The van der Waals surface area contributed by atoms with Gasteiger partial charge in [-0.05, 0) is 55.9 Å². The van der Waals surface area contributed by atoms with E-state index in [0.717, 1.165) is 47.5 Å². The number of ether oxygens (including phenoxy) is 2. The molecule has 2 aromatic rings. The highest BCUT2D eigenvalue weighted by atomic mass is 16.5. The second-order valence-corrected chi connectivity index (χ2v) is 9.86. The minimum absolute atomic E-state index is 0.00495. The third-order valence-electron chi connectivity index (χ3n) is 7.42. The molecule has 5 heterocycles.